The van der Waals surface area contributed by atoms with E-state index in [-0.39, 0.29) is 11.1 Å². The fourth-order valence-electron chi connectivity index (χ4n) is 5.68. The molecule has 2 amide bonds. The zero-order chi connectivity index (χ0) is 27.4. The Morgan fingerprint density at radius 3 is 1.82 bits per heavy atom. The second kappa shape index (κ2) is 8.80. The normalized spacial score (nSPS) is 12.5. The summed E-state index contributed by atoms with van der Waals surface area (Å²) in [6.45, 7) is 0. The lowest BCUT2D eigenvalue weighted by molar-refractivity contribution is 0.0926. The summed E-state index contributed by atoms with van der Waals surface area (Å²) in [5, 5.41) is 21.6. The molecule has 0 aliphatic carbocycles. The second-order valence-electron chi connectivity index (χ2n) is 9.52. The van der Waals surface area contributed by atoms with Crippen LogP contribution < -0.4 is 4.90 Å². The summed E-state index contributed by atoms with van der Waals surface area (Å²) in [7, 11) is 0. The molecule has 40 heavy (non-hydrogen) atoms. The monoisotopic (exact) mass is 514 g/mol. The minimum atomic E-state index is -0.459. The predicted molar refractivity (Wildman–Crippen MR) is 153 cm³/mol. The molecule has 0 N–H and O–H groups in total. The molecule has 6 aromatic rings. The van der Waals surface area contributed by atoms with Crippen LogP contribution in [0.2, 0.25) is 0 Å². The van der Waals surface area contributed by atoms with Crippen molar-refractivity contribution in [1.82, 2.24) is 4.57 Å². The van der Waals surface area contributed by atoms with E-state index in [1.54, 1.807) is 53.1 Å². The number of imide groups is 1. The third-order valence-corrected chi connectivity index (χ3v) is 7.40. The van der Waals surface area contributed by atoms with Crippen molar-refractivity contribution in [2.24, 2.45) is 0 Å². The van der Waals surface area contributed by atoms with E-state index >= 15 is 0 Å². The Balaban J connectivity index is 1.48. The number of carbonyl (C=O) groups excluding carboxylic acids is 2. The molecule has 6 nitrogen and oxygen atoms in total. The number of rotatable bonds is 3. The van der Waals surface area contributed by atoms with Gasteiger partial charge < -0.3 is 4.57 Å². The number of hydrogen-bond donors (Lipinski definition) is 0. The molecular formula is C34H18N4O2. The number of benzene rings is 5. The largest absolute Gasteiger partial charge is 0.306 e. The highest BCUT2D eigenvalue weighted by molar-refractivity contribution is 6.36. The van der Waals surface area contributed by atoms with Crippen molar-refractivity contribution in [2.45, 2.75) is 0 Å². The van der Waals surface area contributed by atoms with Gasteiger partial charge in [0.15, 0.2) is 0 Å². The van der Waals surface area contributed by atoms with Crippen molar-refractivity contribution in [2.75, 3.05) is 4.90 Å². The van der Waals surface area contributed by atoms with Crippen LogP contribution in [0.3, 0.4) is 0 Å². The molecule has 186 valence electrons. The number of nitrogens with zero attached hydrogens (tertiary/aromatic N) is 4. The molecular weight excluding hydrogens is 496 g/mol. The van der Waals surface area contributed by atoms with Crippen LogP contribution in [0.1, 0.15) is 31.8 Å². The first-order valence-electron chi connectivity index (χ1n) is 12.7. The van der Waals surface area contributed by atoms with Gasteiger partial charge in [-0.3, -0.25) is 9.59 Å². The zero-order valence-corrected chi connectivity index (χ0v) is 21.0. The molecule has 1 aliphatic rings. The second-order valence-corrected chi connectivity index (χ2v) is 9.52. The summed E-state index contributed by atoms with van der Waals surface area (Å²) in [4.78, 5) is 29.1. The van der Waals surface area contributed by atoms with Crippen molar-refractivity contribution in [3.8, 4) is 29.0 Å². The van der Waals surface area contributed by atoms with Crippen LogP contribution in [-0.4, -0.2) is 16.4 Å². The average molecular weight is 515 g/mol. The fraction of sp³-hybridized carbons (Fsp3) is 0. The smallest absolute Gasteiger partial charge is 0.268 e. The molecule has 0 atom stereocenters. The van der Waals surface area contributed by atoms with Gasteiger partial charge in [-0.25, -0.2) is 4.90 Å². The molecule has 0 unspecified atom stereocenters. The van der Waals surface area contributed by atoms with Gasteiger partial charge in [0.25, 0.3) is 11.8 Å². The molecule has 0 spiro atoms. The molecule has 1 aliphatic heterocycles. The number of nitriles is 2. The lowest BCUT2D eigenvalue weighted by Crippen LogP contribution is -2.29. The van der Waals surface area contributed by atoms with Gasteiger partial charge in [-0.05, 0) is 47.5 Å². The highest BCUT2D eigenvalue weighted by Gasteiger charge is 2.39. The van der Waals surface area contributed by atoms with Crippen molar-refractivity contribution >= 4 is 39.3 Å². The van der Waals surface area contributed by atoms with Crippen molar-refractivity contribution in [3.63, 3.8) is 0 Å². The van der Waals surface area contributed by atoms with Crippen LogP contribution in [-0.2, 0) is 0 Å². The highest BCUT2D eigenvalue weighted by Crippen LogP contribution is 2.40. The maximum atomic E-state index is 14.1. The molecule has 2 heterocycles. The van der Waals surface area contributed by atoms with E-state index in [0.717, 1.165) is 21.9 Å². The van der Waals surface area contributed by atoms with Gasteiger partial charge >= 0.3 is 0 Å². The minimum absolute atomic E-state index is 0.233. The summed E-state index contributed by atoms with van der Waals surface area (Å²) in [6, 6.07) is 37.6. The van der Waals surface area contributed by atoms with Crippen LogP contribution in [0.4, 0.5) is 5.69 Å². The Bertz CT molecular complexity index is 2060. The van der Waals surface area contributed by atoms with Gasteiger partial charge in [-0.1, -0.05) is 72.8 Å². The lowest BCUT2D eigenvalue weighted by atomic mass is 10.0. The quantitative estimate of drug-likeness (QED) is 0.238. The van der Waals surface area contributed by atoms with E-state index in [2.05, 4.69) is 12.1 Å². The SMILES string of the molecule is N#Cc1cccc2c3cccc(C#N)c3n(-c3cccc4c3C(=O)N(c3cccc(-c5ccccc5)c3)C4=O)c12. The molecule has 0 radical (unpaired) electrons. The average Bonchev–Trinajstić information content (AvgIpc) is 3.49. The van der Waals surface area contributed by atoms with Crippen LogP contribution >= 0.6 is 0 Å². The number of hydrogen-bond acceptors (Lipinski definition) is 4. The van der Waals surface area contributed by atoms with E-state index in [9.17, 15) is 20.1 Å². The zero-order valence-electron chi connectivity index (χ0n) is 21.0. The summed E-state index contributed by atoms with van der Waals surface area (Å²) in [6.07, 6.45) is 0. The van der Waals surface area contributed by atoms with Gasteiger partial charge in [0.05, 0.1) is 44.7 Å². The number of aromatic nitrogens is 1. The van der Waals surface area contributed by atoms with Gasteiger partial charge in [0, 0.05) is 10.8 Å². The summed E-state index contributed by atoms with van der Waals surface area (Å²) >= 11 is 0. The summed E-state index contributed by atoms with van der Waals surface area (Å²) in [5.74, 6) is -0.881. The van der Waals surface area contributed by atoms with E-state index in [0.29, 0.717) is 33.5 Å². The summed E-state index contributed by atoms with van der Waals surface area (Å²) < 4.78 is 1.79. The standard InChI is InChI=1S/C34H18N4O2/c35-19-23-11-5-14-26-27-15-6-12-24(20-36)32(27)38(31(23)26)29-17-7-16-28-30(29)34(40)37(33(28)39)25-13-4-10-22(18-25)21-8-2-1-3-9-21/h1-18H. The van der Waals surface area contributed by atoms with Crippen LogP contribution in [0.5, 0.6) is 0 Å². The van der Waals surface area contributed by atoms with Crippen molar-refractivity contribution in [3.05, 3.63) is 131 Å². The molecule has 0 fully saturated rings. The Labute approximate surface area is 229 Å². The van der Waals surface area contributed by atoms with Crippen LogP contribution in [0.15, 0.2) is 109 Å². The van der Waals surface area contributed by atoms with Gasteiger partial charge in [0.1, 0.15) is 12.1 Å². The number of amides is 2. The predicted octanol–water partition coefficient (Wildman–Crippen LogP) is 6.99. The Kier molecular flexibility index (Phi) is 5.10. The molecule has 0 saturated heterocycles. The molecule has 5 aromatic carbocycles. The first-order chi connectivity index (χ1) is 19.6. The number of carbonyl (C=O) groups is 2. The molecule has 7 rings (SSSR count). The first-order valence-corrected chi connectivity index (χ1v) is 12.7. The number of fused-ring (bicyclic) bond motifs is 4. The highest BCUT2D eigenvalue weighted by atomic mass is 16.2. The Hall–Kier alpha value is -5.98. The maximum absolute atomic E-state index is 14.1. The maximum Gasteiger partial charge on any atom is 0.268 e. The van der Waals surface area contributed by atoms with Crippen molar-refractivity contribution < 1.29 is 9.59 Å². The molecule has 0 bridgehead atoms. The van der Waals surface area contributed by atoms with Gasteiger partial charge in [0.2, 0.25) is 0 Å². The third-order valence-electron chi connectivity index (χ3n) is 7.40. The number of anilines is 1. The molecule has 6 heteroatoms. The van der Waals surface area contributed by atoms with E-state index in [4.69, 9.17) is 0 Å². The van der Waals surface area contributed by atoms with E-state index in [1.807, 2.05) is 60.7 Å². The molecule has 1 aromatic heterocycles. The van der Waals surface area contributed by atoms with Gasteiger partial charge in [-0.2, -0.15) is 10.5 Å². The Morgan fingerprint density at radius 2 is 1.18 bits per heavy atom. The minimum Gasteiger partial charge on any atom is -0.306 e. The first kappa shape index (κ1) is 23.2. The topological polar surface area (TPSA) is 89.9 Å². The Morgan fingerprint density at radius 1 is 0.575 bits per heavy atom. The summed E-state index contributed by atoms with van der Waals surface area (Å²) in [5.41, 5.74) is 5.25. The lowest BCUT2D eigenvalue weighted by Gasteiger charge is -2.16. The number of para-hydroxylation sites is 2. The van der Waals surface area contributed by atoms with Crippen molar-refractivity contribution in [1.29, 1.82) is 10.5 Å². The van der Waals surface area contributed by atoms with E-state index < -0.39 is 11.8 Å². The van der Waals surface area contributed by atoms with Gasteiger partial charge in [-0.15, -0.1) is 0 Å². The third kappa shape index (κ3) is 3.21. The van der Waals surface area contributed by atoms with Crippen LogP contribution in [0.25, 0.3) is 38.6 Å². The van der Waals surface area contributed by atoms with Crippen LogP contribution in [0, 0.1) is 22.7 Å². The fourth-order valence-corrected chi connectivity index (χ4v) is 5.68. The molecule has 0 saturated carbocycles. The van der Waals surface area contributed by atoms with E-state index in [1.165, 1.54) is 4.90 Å².